The van der Waals surface area contributed by atoms with Crippen LogP contribution in [0.3, 0.4) is 0 Å². The molecule has 0 spiro atoms. The highest BCUT2D eigenvalue weighted by Crippen LogP contribution is 2.62. The first-order valence-corrected chi connectivity index (χ1v) is 11.2. The molecule has 2 bridgehead atoms. The molecule has 0 saturated heterocycles. The van der Waals surface area contributed by atoms with Crippen LogP contribution in [0.1, 0.15) is 57.9 Å². The molecule has 5 atom stereocenters. The summed E-state index contributed by atoms with van der Waals surface area (Å²) in [5, 5.41) is 22.9. The zero-order chi connectivity index (χ0) is 20.9. The van der Waals surface area contributed by atoms with Crippen molar-refractivity contribution in [1.29, 1.82) is 0 Å². The van der Waals surface area contributed by atoms with Crippen molar-refractivity contribution >= 4 is 5.97 Å². The van der Waals surface area contributed by atoms with Gasteiger partial charge in [-0.3, -0.25) is 4.79 Å². The van der Waals surface area contributed by atoms with E-state index in [1.807, 2.05) is 18.2 Å². The molecule has 0 aromatic heterocycles. The molecular formula is C25H37NO3. The molecule has 4 nitrogen and oxygen atoms in total. The lowest BCUT2D eigenvalue weighted by Gasteiger charge is -2.63. The molecule has 160 valence electrons. The van der Waals surface area contributed by atoms with Gasteiger partial charge in [0.2, 0.25) is 0 Å². The molecule has 29 heavy (non-hydrogen) atoms. The second-order valence-corrected chi connectivity index (χ2v) is 9.61. The smallest absolute Gasteiger partial charge is 0.303 e. The molecule has 2 unspecified atom stereocenters. The Balaban J connectivity index is 1.50. The number of aliphatic hydroxyl groups excluding tert-OH is 1. The van der Waals surface area contributed by atoms with E-state index in [0.717, 1.165) is 24.7 Å². The van der Waals surface area contributed by atoms with Crippen LogP contribution in [0.5, 0.6) is 0 Å². The van der Waals surface area contributed by atoms with Crippen LogP contribution in [0.4, 0.5) is 0 Å². The van der Waals surface area contributed by atoms with E-state index in [0.29, 0.717) is 36.8 Å². The van der Waals surface area contributed by atoms with Gasteiger partial charge in [0.05, 0.1) is 6.10 Å². The molecule has 4 heteroatoms. The summed E-state index contributed by atoms with van der Waals surface area (Å²) in [6.45, 7) is 5.46. The van der Waals surface area contributed by atoms with Gasteiger partial charge in [0, 0.05) is 19.0 Å². The number of carbonyl (C=O) groups is 1. The number of carboxylic acids is 1. The first-order valence-electron chi connectivity index (χ1n) is 11.2. The monoisotopic (exact) mass is 399 g/mol. The van der Waals surface area contributed by atoms with Gasteiger partial charge in [0.1, 0.15) is 0 Å². The van der Waals surface area contributed by atoms with Gasteiger partial charge < -0.3 is 15.5 Å². The Kier molecular flexibility index (Phi) is 7.53. The number of unbranched alkanes of at least 4 members (excludes halogenated alkanes) is 1. The summed E-state index contributed by atoms with van der Waals surface area (Å²) in [7, 11) is 0. The van der Waals surface area contributed by atoms with Gasteiger partial charge in [0.15, 0.2) is 0 Å². The van der Waals surface area contributed by atoms with Crippen LogP contribution in [-0.4, -0.2) is 34.9 Å². The number of carboxylic acid groups (broad SMARTS) is 1. The highest BCUT2D eigenvalue weighted by Gasteiger charge is 2.56. The van der Waals surface area contributed by atoms with Crippen LogP contribution < -0.4 is 5.32 Å². The summed E-state index contributed by atoms with van der Waals surface area (Å²) in [5.41, 5.74) is 1.60. The zero-order valence-corrected chi connectivity index (χ0v) is 17.9. The lowest BCUT2D eigenvalue weighted by molar-refractivity contribution is -0.137. The SMILES string of the molecule is CC1(C)[C@H]2CC(NCC(O)Cc3ccccc3)[C@@H](CC=CCCCC(=O)O)[C@@H]1C2. The predicted molar refractivity (Wildman–Crippen MR) is 117 cm³/mol. The number of allylic oxidation sites excluding steroid dienone is 2. The fourth-order valence-corrected chi connectivity index (χ4v) is 5.50. The number of hydrogen-bond donors (Lipinski definition) is 3. The molecule has 4 rings (SSSR count). The standard InChI is InChI=1S/C25H37NO3/c1-25(2)19-15-22(25)21(12-8-3-4-9-13-24(28)29)23(16-19)26-17-20(27)14-18-10-6-5-7-11-18/h3,5-8,10-11,19-23,26-27H,4,9,12-17H2,1-2H3,(H,28,29)/t19-,20?,21+,22+,23?/m1/s1. The molecule has 0 aliphatic heterocycles. The minimum absolute atomic E-state index is 0.245. The molecule has 3 saturated carbocycles. The van der Waals surface area contributed by atoms with E-state index >= 15 is 0 Å². The fraction of sp³-hybridized carbons (Fsp3) is 0.640. The van der Waals surface area contributed by atoms with E-state index in [4.69, 9.17) is 5.11 Å². The van der Waals surface area contributed by atoms with E-state index in [1.54, 1.807) is 0 Å². The van der Waals surface area contributed by atoms with Crippen molar-refractivity contribution in [3.8, 4) is 0 Å². The van der Waals surface area contributed by atoms with Crippen LogP contribution in [0.2, 0.25) is 0 Å². The quantitative estimate of drug-likeness (QED) is 0.380. The topological polar surface area (TPSA) is 69.6 Å². The molecular weight excluding hydrogens is 362 g/mol. The molecule has 3 aliphatic rings. The van der Waals surface area contributed by atoms with E-state index in [-0.39, 0.29) is 12.5 Å². The summed E-state index contributed by atoms with van der Waals surface area (Å²) in [6, 6.07) is 10.6. The number of rotatable bonds is 11. The normalized spacial score (nSPS) is 28.8. The Morgan fingerprint density at radius 2 is 2.00 bits per heavy atom. The number of aliphatic carboxylic acids is 1. The van der Waals surface area contributed by atoms with Crippen LogP contribution in [0.25, 0.3) is 0 Å². The average molecular weight is 400 g/mol. The summed E-state index contributed by atoms with van der Waals surface area (Å²) < 4.78 is 0. The minimum Gasteiger partial charge on any atom is -0.481 e. The van der Waals surface area contributed by atoms with Crippen molar-refractivity contribution in [2.75, 3.05) is 6.54 Å². The summed E-state index contributed by atoms with van der Waals surface area (Å²) in [5.74, 6) is 1.39. The molecule has 3 aliphatic carbocycles. The highest BCUT2D eigenvalue weighted by molar-refractivity contribution is 5.66. The second kappa shape index (κ2) is 9.90. The number of fused-ring (bicyclic) bond motifs is 2. The number of benzene rings is 1. The Bertz CT molecular complexity index is 685. The lowest BCUT2D eigenvalue weighted by Crippen LogP contribution is -2.61. The third-order valence-electron chi connectivity index (χ3n) is 7.38. The first-order chi connectivity index (χ1) is 13.9. The van der Waals surface area contributed by atoms with Crippen LogP contribution in [0, 0.1) is 23.2 Å². The van der Waals surface area contributed by atoms with Gasteiger partial charge in [0.25, 0.3) is 0 Å². The zero-order valence-electron chi connectivity index (χ0n) is 17.9. The number of hydrogen-bond acceptors (Lipinski definition) is 3. The van der Waals surface area contributed by atoms with E-state index in [1.165, 1.54) is 18.4 Å². The third kappa shape index (κ3) is 5.70. The largest absolute Gasteiger partial charge is 0.481 e. The minimum atomic E-state index is -0.716. The first kappa shape index (κ1) is 22.0. The van der Waals surface area contributed by atoms with Gasteiger partial charge in [-0.15, -0.1) is 0 Å². The highest BCUT2D eigenvalue weighted by atomic mass is 16.4. The molecule has 3 fully saturated rings. The summed E-state index contributed by atoms with van der Waals surface area (Å²) in [4.78, 5) is 10.6. The molecule has 0 heterocycles. The Labute approximate surface area is 175 Å². The Morgan fingerprint density at radius 3 is 2.69 bits per heavy atom. The molecule has 0 radical (unpaired) electrons. The van der Waals surface area contributed by atoms with E-state index in [9.17, 15) is 9.90 Å². The predicted octanol–water partition coefficient (Wildman–Crippen LogP) is 4.43. The fourth-order valence-electron chi connectivity index (χ4n) is 5.50. The number of aliphatic hydroxyl groups is 1. The van der Waals surface area contributed by atoms with Crippen molar-refractivity contribution in [2.45, 2.75) is 70.9 Å². The maximum absolute atomic E-state index is 10.6. The van der Waals surface area contributed by atoms with Crippen molar-refractivity contribution in [2.24, 2.45) is 23.2 Å². The maximum Gasteiger partial charge on any atom is 0.303 e. The van der Waals surface area contributed by atoms with Crippen LogP contribution in [0.15, 0.2) is 42.5 Å². The van der Waals surface area contributed by atoms with Gasteiger partial charge in [-0.25, -0.2) is 0 Å². The summed E-state index contributed by atoms with van der Waals surface area (Å²) >= 11 is 0. The van der Waals surface area contributed by atoms with Crippen molar-refractivity contribution in [1.82, 2.24) is 5.32 Å². The van der Waals surface area contributed by atoms with Crippen LogP contribution >= 0.6 is 0 Å². The van der Waals surface area contributed by atoms with Gasteiger partial charge >= 0.3 is 5.97 Å². The van der Waals surface area contributed by atoms with Crippen molar-refractivity contribution in [3.63, 3.8) is 0 Å². The molecule has 1 aromatic carbocycles. The lowest BCUT2D eigenvalue weighted by atomic mass is 9.44. The van der Waals surface area contributed by atoms with Gasteiger partial charge in [-0.1, -0.05) is 56.3 Å². The summed E-state index contributed by atoms with van der Waals surface area (Å²) in [6.07, 6.45) is 10.1. The van der Waals surface area contributed by atoms with Gasteiger partial charge in [-0.2, -0.15) is 0 Å². The molecule has 3 N–H and O–H groups in total. The Hall–Kier alpha value is -1.65. The molecule has 1 aromatic rings. The second-order valence-electron chi connectivity index (χ2n) is 9.61. The van der Waals surface area contributed by atoms with E-state index < -0.39 is 5.97 Å². The maximum atomic E-state index is 10.6. The number of nitrogens with one attached hydrogen (secondary N) is 1. The van der Waals surface area contributed by atoms with Crippen molar-refractivity contribution < 1.29 is 15.0 Å². The van der Waals surface area contributed by atoms with Gasteiger partial charge in [-0.05, 0) is 67.3 Å². The average Bonchev–Trinajstić information content (AvgIpc) is 2.69. The molecule has 0 amide bonds. The Morgan fingerprint density at radius 1 is 1.24 bits per heavy atom. The van der Waals surface area contributed by atoms with E-state index in [2.05, 4.69) is 43.4 Å². The third-order valence-corrected chi connectivity index (χ3v) is 7.38. The van der Waals surface area contributed by atoms with Crippen molar-refractivity contribution in [3.05, 3.63) is 48.0 Å². The van der Waals surface area contributed by atoms with Crippen LogP contribution in [-0.2, 0) is 11.2 Å².